The van der Waals surface area contributed by atoms with Gasteiger partial charge in [-0.25, -0.2) is 9.37 Å². The van der Waals surface area contributed by atoms with Crippen LogP contribution in [0.4, 0.5) is 9.52 Å². The number of hydrogen-bond donors (Lipinski definition) is 0. The Kier molecular flexibility index (Phi) is 4.15. The monoisotopic (exact) mass is 318 g/mol. The van der Waals surface area contributed by atoms with Gasteiger partial charge in [-0.05, 0) is 18.2 Å². The number of thiazole rings is 1. The minimum Gasteiger partial charge on any atom is -0.286 e. The Morgan fingerprint density at radius 2 is 2.27 bits per heavy atom. The standard InChI is InChI=1S/C15H15FN4OS/c1-2-13(21)20(10-9-19-8-4-7-17-19)15-18-14-11(16)5-3-6-12(14)22-15/h3-8H,2,9-10H2,1H3. The molecule has 7 heteroatoms. The second-order valence-electron chi connectivity index (χ2n) is 4.75. The topological polar surface area (TPSA) is 51.0 Å². The fourth-order valence-corrected chi connectivity index (χ4v) is 3.20. The van der Waals surface area contributed by atoms with Crippen molar-refractivity contribution in [3.63, 3.8) is 0 Å². The van der Waals surface area contributed by atoms with E-state index in [0.29, 0.717) is 30.2 Å². The second-order valence-corrected chi connectivity index (χ2v) is 5.76. The minimum atomic E-state index is -0.365. The molecular weight excluding hydrogens is 303 g/mol. The van der Waals surface area contributed by atoms with Crippen molar-refractivity contribution >= 4 is 32.6 Å². The van der Waals surface area contributed by atoms with Gasteiger partial charge in [0.2, 0.25) is 5.91 Å². The summed E-state index contributed by atoms with van der Waals surface area (Å²) in [5.41, 5.74) is 0.315. The summed E-state index contributed by atoms with van der Waals surface area (Å²) in [6.07, 6.45) is 3.91. The molecule has 0 saturated carbocycles. The van der Waals surface area contributed by atoms with Crippen molar-refractivity contribution in [1.29, 1.82) is 0 Å². The summed E-state index contributed by atoms with van der Waals surface area (Å²) in [5.74, 6) is -0.400. The molecule has 0 bridgehead atoms. The number of amides is 1. The number of aromatic nitrogens is 3. The first-order valence-corrected chi connectivity index (χ1v) is 7.83. The first-order valence-electron chi connectivity index (χ1n) is 7.02. The largest absolute Gasteiger partial charge is 0.286 e. The predicted octanol–water partition coefficient (Wildman–Crippen LogP) is 3.08. The second kappa shape index (κ2) is 6.23. The van der Waals surface area contributed by atoms with Crippen LogP contribution in [0.3, 0.4) is 0 Å². The van der Waals surface area contributed by atoms with Gasteiger partial charge >= 0.3 is 0 Å². The Balaban J connectivity index is 1.89. The van der Waals surface area contributed by atoms with Gasteiger partial charge in [-0.1, -0.05) is 24.3 Å². The van der Waals surface area contributed by atoms with Gasteiger partial charge in [0, 0.05) is 25.4 Å². The molecule has 2 heterocycles. The van der Waals surface area contributed by atoms with Crippen LogP contribution in [0.5, 0.6) is 0 Å². The molecule has 1 aromatic carbocycles. The lowest BCUT2D eigenvalue weighted by atomic mass is 10.3. The quantitative estimate of drug-likeness (QED) is 0.726. The van der Waals surface area contributed by atoms with E-state index in [0.717, 1.165) is 4.70 Å². The van der Waals surface area contributed by atoms with E-state index in [1.54, 1.807) is 28.8 Å². The number of benzene rings is 1. The maximum absolute atomic E-state index is 13.8. The number of anilines is 1. The number of nitrogens with zero attached hydrogens (tertiary/aromatic N) is 4. The highest BCUT2D eigenvalue weighted by Gasteiger charge is 2.19. The number of fused-ring (bicyclic) bond motifs is 1. The van der Waals surface area contributed by atoms with Gasteiger partial charge < -0.3 is 0 Å². The minimum absolute atomic E-state index is 0.0355. The molecule has 0 radical (unpaired) electrons. The number of rotatable bonds is 5. The summed E-state index contributed by atoms with van der Waals surface area (Å²) in [7, 11) is 0. The van der Waals surface area contributed by atoms with E-state index in [1.807, 2.05) is 18.3 Å². The Labute approximate surface area is 131 Å². The molecule has 3 rings (SSSR count). The smallest absolute Gasteiger partial charge is 0.228 e. The molecule has 0 fully saturated rings. The van der Waals surface area contributed by atoms with E-state index in [1.165, 1.54) is 17.4 Å². The number of para-hydroxylation sites is 1. The van der Waals surface area contributed by atoms with Gasteiger partial charge in [0.25, 0.3) is 0 Å². The maximum Gasteiger partial charge on any atom is 0.228 e. The molecule has 1 amide bonds. The zero-order valence-electron chi connectivity index (χ0n) is 12.1. The number of carbonyl (C=O) groups is 1. The van der Waals surface area contributed by atoms with Gasteiger partial charge in [-0.3, -0.25) is 14.4 Å². The molecule has 2 aromatic heterocycles. The summed E-state index contributed by atoms with van der Waals surface area (Å²) in [5, 5.41) is 4.65. The van der Waals surface area contributed by atoms with Crippen LogP contribution < -0.4 is 4.90 Å². The van der Waals surface area contributed by atoms with E-state index in [9.17, 15) is 9.18 Å². The van der Waals surface area contributed by atoms with E-state index in [-0.39, 0.29) is 11.7 Å². The highest BCUT2D eigenvalue weighted by molar-refractivity contribution is 7.22. The van der Waals surface area contributed by atoms with Crippen molar-refractivity contribution in [3.05, 3.63) is 42.5 Å². The van der Waals surface area contributed by atoms with Crippen LogP contribution >= 0.6 is 11.3 Å². The molecule has 5 nitrogen and oxygen atoms in total. The van der Waals surface area contributed by atoms with E-state index in [4.69, 9.17) is 0 Å². The van der Waals surface area contributed by atoms with Crippen LogP contribution in [0.25, 0.3) is 10.2 Å². The average molecular weight is 318 g/mol. The lowest BCUT2D eigenvalue weighted by Crippen LogP contribution is -2.33. The third-order valence-corrected chi connectivity index (χ3v) is 4.35. The van der Waals surface area contributed by atoms with E-state index < -0.39 is 0 Å². The number of carbonyl (C=O) groups excluding carboxylic acids is 1. The molecule has 0 saturated heterocycles. The predicted molar refractivity (Wildman–Crippen MR) is 84.4 cm³/mol. The molecule has 0 aliphatic carbocycles. The Bertz CT molecular complexity index is 784. The molecule has 114 valence electrons. The fraction of sp³-hybridized carbons (Fsp3) is 0.267. The number of halogens is 1. The molecule has 0 N–H and O–H groups in total. The molecule has 3 aromatic rings. The van der Waals surface area contributed by atoms with E-state index in [2.05, 4.69) is 10.1 Å². The van der Waals surface area contributed by atoms with Crippen molar-refractivity contribution in [2.45, 2.75) is 19.9 Å². The van der Waals surface area contributed by atoms with Crippen LogP contribution in [0.1, 0.15) is 13.3 Å². The van der Waals surface area contributed by atoms with Gasteiger partial charge in [0.15, 0.2) is 5.13 Å². The Morgan fingerprint density at radius 1 is 1.41 bits per heavy atom. The highest BCUT2D eigenvalue weighted by atomic mass is 32.1. The summed E-state index contributed by atoms with van der Waals surface area (Å²) in [4.78, 5) is 18.1. The zero-order chi connectivity index (χ0) is 15.5. The van der Waals surface area contributed by atoms with Gasteiger partial charge in [-0.15, -0.1) is 0 Å². The van der Waals surface area contributed by atoms with Gasteiger partial charge in [-0.2, -0.15) is 5.10 Å². The molecule has 0 atom stereocenters. The molecule has 0 aliphatic heterocycles. The Hall–Kier alpha value is -2.28. The molecular formula is C15H15FN4OS. The molecule has 0 spiro atoms. The van der Waals surface area contributed by atoms with Crippen molar-refractivity contribution in [2.75, 3.05) is 11.4 Å². The zero-order valence-corrected chi connectivity index (χ0v) is 12.9. The van der Waals surface area contributed by atoms with Gasteiger partial charge in [0.1, 0.15) is 11.3 Å². The first-order chi connectivity index (χ1) is 10.7. The van der Waals surface area contributed by atoms with Crippen LogP contribution in [0.15, 0.2) is 36.7 Å². The van der Waals surface area contributed by atoms with Crippen LogP contribution in [-0.2, 0) is 11.3 Å². The Morgan fingerprint density at radius 3 is 2.95 bits per heavy atom. The van der Waals surface area contributed by atoms with Crippen molar-refractivity contribution < 1.29 is 9.18 Å². The van der Waals surface area contributed by atoms with Crippen LogP contribution in [0.2, 0.25) is 0 Å². The molecule has 0 aliphatic rings. The molecule has 0 unspecified atom stereocenters. The third kappa shape index (κ3) is 2.85. The lowest BCUT2D eigenvalue weighted by molar-refractivity contribution is -0.118. The summed E-state index contributed by atoms with van der Waals surface area (Å²) < 4.78 is 16.3. The summed E-state index contributed by atoms with van der Waals surface area (Å²) >= 11 is 1.32. The molecule has 22 heavy (non-hydrogen) atoms. The van der Waals surface area contributed by atoms with Crippen molar-refractivity contribution in [3.8, 4) is 0 Å². The summed E-state index contributed by atoms with van der Waals surface area (Å²) in [6.45, 7) is 2.82. The SMILES string of the molecule is CCC(=O)N(CCn1cccn1)c1nc2c(F)cccc2s1. The van der Waals surface area contributed by atoms with Crippen molar-refractivity contribution in [2.24, 2.45) is 0 Å². The average Bonchev–Trinajstić information content (AvgIpc) is 3.17. The third-order valence-electron chi connectivity index (χ3n) is 3.30. The fourth-order valence-electron chi connectivity index (χ4n) is 2.17. The van der Waals surface area contributed by atoms with Crippen LogP contribution in [0, 0.1) is 5.82 Å². The van der Waals surface area contributed by atoms with Gasteiger partial charge in [0.05, 0.1) is 11.2 Å². The lowest BCUT2D eigenvalue weighted by Gasteiger charge is -2.19. The normalized spacial score (nSPS) is 11.0. The highest BCUT2D eigenvalue weighted by Crippen LogP contribution is 2.30. The summed E-state index contributed by atoms with van der Waals surface area (Å²) in [6, 6.07) is 6.66. The van der Waals surface area contributed by atoms with Crippen LogP contribution in [-0.4, -0.2) is 27.2 Å². The number of hydrogen-bond acceptors (Lipinski definition) is 4. The first kappa shape index (κ1) is 14.6. The van der Waals surface area contributed by atoms with Crippen molar-refractivity contribution in [1.82, 2.24) is 14.8 Å². The maximum atomic E-state index is 13.8. The van der Waals surface area contributed by atoms with E-state index >= 15 is 0 Å².